The Morgan fingerprint density at radius 1 is 1.15 bits per heavy atom. The van der Waals surface area contributed by atoms with Gasteiger partial charge in [-0.3, -0.25) is 0 Å². The van der Waals surface area contributed by atoms with Crippen molar-refractivity contribution >= 4 is 11.9 Å². The number of aryl methyl sites for hydroxylation is 3. The van der Waals surface area contributed by atoms with Crippen molar-refractivity contribution in [3.8, 4) is 5.75 Å². The van der Waals surface area contributed by atoms with E-state index in [0.29, 0.717) is 48.9 Å². The molecular weight excluding hydrogens is 330 g/mol. The number of hydrogen-bond acceptors (Lipinski definition) is 6. The second kappa shape index (κ2) is 9.75. The van der Waals surface area contributed by atoms with E-state index in [0.717, 1.165) is 18.4 Å². The van der Waals surface area contributed by atoms with Gasteiger partial charge >= 0.3 is 5.97 Å². The van der Waals surface area contributed by atoms with Gasteiger partial charge in [0.2, 0.25) is 5.95 Å². The molecule has 6 nitrogen and oxygen atoms in total. The summed E-state index contributed by atoms with van der Waals surface area (Å²) >= 11 is 0. The number of anilines is 1. The number of ether oxygens (including phenoxy) is 1. The molecule has 1 heterocycles. The summed E-state index contributed by atoms with van der Waals surface area (Å²) in [5.74, 6) is 0.479. The number of benzene rings is 1. The van der Waals surface area contributed by atoms with Gasteiger partial charge in [0.1, 0.15) is 11.3 Å². The van der Waals surface area contributed by atoms with Crippen molar-refractivity contribution in [2.45, 2.75) is 46.5 Å². The van der Waals surface area contributed by atoms with Crippen LogP contribution in [0.25, 0.3) is 0 Å². The average molecular weight is 357 g/mol. The first kappa shape index (κ1) is 19.7. The number of nitrogens with zero attached hydrogens (tertiary/aromatic N) is 2. The Hall–Kier alpha value is -2.63. The van der Waals surface area contributed by atoms with Crippen LogP contribution in [0.4, 0.5) is 5.95 Å². The molecule has 0 fully saturated rings. The standard InChI is InChI=1S/C20H27N3O3/c1-4-16-18(19(25)26-6-3)17(5-2)23-20(22-16)21-12-8-10-14-9-7-11-15(24)13-14/h7,9,11,13,24H,4-6,8,10,12H2,1-3H3,(H,21,22,23). The van der Waals surface area contributed by atoms with Gasteiger partial charge in [0, 0.05) is 6.54 Å². The highest BCUT2D eigenvalue weighted by Crippen LogP contribution is 2.17. The molecule has 0 aliphatic carbocycles. The second-order valence-electron chi connectivity index (χ2n) is 5.94. The fourth-order valence-corrected chi connectivity index (χ4v) is 2.79. The normalized spacial score (nSPS) is 10.6. The van der Waals surface area contributed by atoms with Crippen molar-refractivity contribution in [3.05, 3.63) is 46.8 Å². The summed E-state index contributed by atoms with van der Waals surface area (Å²) in [5, 5.41) is 12.7. The van der Waals surface area contributed by atoms with E-state index >= 15 is 0 Å². The third-order valence-electron chi connectivity index (χ3n) is 4.04. The first-order chi connectivity index (χ1) is 12.6. The Morgan fingerprint density at radius 3 is 2.42 bits per heavy atom. The minimum atomic E-state index is -0.350. The molecule has 0 aliphatic heterocycles. The molecule has 2 aromatic rings. The maximum absolute atomic E-state index is 12.2. The second-order valence-corrected chi connectivity index (χ2v) is 5.94. The Morgan fingerprint density at radius 2 is 1.85 bits per heavy atom. The quantitative estimate of drug-likeness (QED) is 0.527. The van der Waals surface area contributed by atoms with Crippen LogP contribution in [0.5, 0.6) is 5.75 Å². The zero-order valence-corrected chi connectivity index (χ0v) is 15.7. The molecule has 0 spiro atoms. The van der Waals surface area contributed by atoms with Crippen molar-refractivity contribution in [1.29, 1.82) is 0 Å². The van der Waals surface area contributed by atoms with E-state index in [1.807, 2.05) is 26.0 Å². The van der Waals surface area contributed by atoms with Crippen LogP contribution in [0.2, 0.25) is 0 Å². The van der Waals surface area contributed by atoms with Crippen molar-refractivity contribution in [2.75, 3.05) is 18.5 Å². The van der Waals surface area contributed by atoms with E-state index in [-0.39, 0.29) is 11.7 Å². The van der Waals surface area contributed by atoms with Crippen LogP contribution in [-0.2, 0) is 24.0 Å². The van der Waals surface area contributed by atoms with Crippen LogP contribution >= 0.6 is 0 Å². The number of nitrogens with one attached hydrogen (secondary N) is 1. The molecule has 0 aliphatic rings. The highest BCUT2D eigenvalue weighted by atomic mass is 16.5. The first-order valence-corrected chi connectivity index (χ1v) is 9.17. The van der Waals surface area contributed by atoms with Crippen molar-refractivity contribution in [3.63, 3.8) is 0 Å². The molecule has 0 saturated carbocycles. The number of aromatic nitrogens is 2. The summed E-state index contributed by atoms with van der Waals surface area (Å²) in [7, 11) is 0. The van der Waals surface area contributed by atoms with Gasteiger partial charge in [-0.15, -0.1) is 0 Å². The number of hydrogen-bond donors (Lipinski definition) is 2. The fourth-order valence-electron chi connectivity index (χ4n) is 2.79. The van der Waals surface area contributed by atoms with E-state index in [4.69, 9.17) is 4.74 Å². The topological polar surface area (TPSA) is 84.3 Å². The summed E-state index contributed by atoms with van der Waals surface area (Å²) in [4.78, 5) is 21.2. The van der Waals surface area contributed by atoms with Gasteiger partial charge in [-0.1, -0.05) is 26.0 Å². The zero-order chi connectivity index (χ0) is 18.9. The number of aromatic hydroxyl groups is 1. The molecule has 2 rings (SSSR count). The number of rotatable bonds is 9. The Balaban J connectivity index is 2.04. The van der Waals surface area contributed by atoms with Gasteiger partial charge in [0.15, 0.2) is 0 Å². The summed E-state index contributed by atoms with van der Waals surface area (Å²) in [6.45, 7) is 6.77. The van der Waals surface area contributed by atoms with Crippen molar-refractivity contribution in [2.24, 2.45) is 0 Å². The van der Waals surface area contributed by atoms with E-state index in [1.165, 1.54) is 0 Å². The van der Waals surface area contributed by atoms with Crippen LogP contribution in [0.3, 0.4) is 0 Å². The molecule has 0 amide bonds. The number of esters is 1. The molecule has 0 unspecified atom stereocenters. The monoisotopic (exact) mass is 357 g/mol. The lowest BCUT2D eigenvalue weighted by atomic mass is 10.1. The van der Waals surface area contributed by atoms with Gasteiger partial charge < -0.3 is 15.2 Å². The zero-order valence-electron chi connectivity index (χ0n) is 15.7. The number of phenols is 1. The van der Waals surface area contributed by atoms with Gasteiger partial charge in [0.25, 0.3) is 0 Å². The smallest absolute Gasteiger partial charge is 0.341 e. The first-order valence-electron chi connectivity index (χ1n) is 9.17. The number of carbonyl (C=O) groups excluding carboxylic acids is 1. The van der Waals surface area contributed by atoms with Crippen molar-refractivity contribution in [1.82, 2.24) is 9.97 Å². The molecule has 1 aromatic heterocycles. The largest absolute Gasteiger partial charge is 0.508 e. The average Bonchev–Trinajstić information content (AvgIpc) is 2.64. The van der Waals surface area contributed by atoms with Crippen LogP contribution in [0.1, 0.15) is 54.5 Å². The molecule has 0 radical (unpaired) electrons. The molecule has 0 saturated heterocycles. The predicted octanol–water partition coefficient (Wildman–Crippen LogP) is 3.53. The summed E-state index contributed by atoms with van der Waals surface area (Å²) in [5.41, 5.74) is 3.02. The Kier molecular flexibility index (Phi) is 7.38. The van der Waals surface area contributed by atoms with Crippen LogP contribution in [-0.4, -0.2) is 34.2 Å². The molecule has 140 valence electrons. The maximum atomic E-state index is 12.2. The minimum absolute atomic E-state index is 0.286. The number of carbonyl (C=O) groups is 1. The molecule has 6 heteroatoms. The minimum Gasteiger partial charge on any atom is -0.508 e. The van der Waals surface area contributed by atoms with Crippen LogP contribution in [0, 0.1) is 0 Å². The third kappa shape index (κ3) is 5.18. The lowest BCUT2D eigenvalue weighted by molar-refractivity contribution is 0.0522. The fraction of sp³-hybridized carbons (Fsp3) is 0.450. The molecule has 26 heavy (non-hydrogen) atoms. The van der Waals surface area contributed by atoms with E-state index < -0.39 is 0 Å². The van der Waals surface area contributed by atoms with Gasteiger partial charge in [-0.05, 0) is 50.3 Å². The highest BCUT2D eigenvalue weighted by molar-refractivity contribution is 5.92. The summed E-state index contributed by atoms with van der Waals surface area (Å²) in [6, 6.07) is 7.28. The SMILES string of the molecule is CCOC(=O)c1c(CC)nc(NCCCc2cccc(O)c2)nc1CC. The predicted molar refractivity (Wildman–Crippen MR) is 102 cm³/mol. The molecular formula is C20H27N3O3. The lowest BCUT2D eigenvalue weighted by Crippen LogP contribution is -2.17. The van der Waals surface area contributed by atoms with E-state index in [9.17, 15) is 9.90 Å². The number of phenolic OH excluding ortho intramolecular Hbond substituents is 1. The van der Waals surface area contributed by atoms with Gasteiger partial charge in [-0.2, -0.15) is 0 Å². The van der Waals surface area contributed by atoms with Crippen LogP contribution in [0.15, 0.2) is 24.3 Å². The molecule has 2 N–H and O–H groups in total. The Bertz CT molecular complexity index is 722. The van der Waals surface area contributed by atoms with Gasteiger partial charge in [-0.25, -0.2) is 14.8 Å². The van der Waals surface area contributed by atoms with E-state index in [1.54, 1.807) is 19.1 Å². The highest BCUT2D eigenvalue weighted by Gasteiger charge is 2.20. The lowest BCUT2D eigenvalue weighted by Gasteiger charge is -2.13. The summed E-state index contributed by atoms with van der Waals surface area (Å²) in [6.07, 6.45) is 3.02. The summed E-state index contributed by atoms with van der Waals surface area (Å²) < 4.78 is 5.15. The Labute approximate surface area is 154 Å². The third-order valence-corrected chi connectivity index (χ3v) is 4.04. The van der Waals surface area contributed by atoms with Crippen molar-refractivity contribution < 1.29 is 14.6 Å². The molecule has 1 aromatic carbocycles. The molecule has 0 bridgehead atoms. The van der Waals surface area contributed by atoms with Gasteiger partial charge in [0.05, 0.1) is 18.0 Å². The van der Waals surface area contributed by atoms with E-state index in [2.05, 4.69) is 15.3 Å². The molecule has 0 atom stereocenters. The maximum Gasteiger partial charge on any atom is 0.341 e. The van der Waals surface area contributed by atoms with Crippen LogP contribution < -0.4 is 5.32 Å².